The summed E-state index contributed by atoms with van der Waals surface area (Å²) in [6.45, 7) is 7.58. The van der Waals surface area contributed by atoms with Crippen molar-refractivity contribution in [2.75, 3.05) is 39.3 Å². The highest BCUT2D eigenvalue weighted by Gasteiger charge is 2.25. The summed E-state index contributed by atoms with van der Waals surface area (Å²) in [5.74, 6) is -0.200. The fourth-order valence-corrected chi connectivity index (χ4v) is 3.93. The second-order valence-corrected chi connectivity index (χ2v) is 7.38. The van der Waals surface area contributed by atoms with Gasteiger partial charge in [0.25, 0.3) is 11.8 Å². The Labute approximate surface area is 165 Å². The zero-order valence-corrected chi connectivity index (χ0v) is 16.3. The number of aromatic nitrogens is 1. The Bertz CT molecular complexity index is 874. The van der Waals surface area contributed by atoms with E-state index >= 15 is 0 Å². The zero-order chi connectivity index (χ0) is 19.5. The van der Waals surface area contributed by atoms with Crippen LogP contribution in [-0.2, 0) is 13.0 Å². The molecule has 0 aliphatic carbocycles. The lowest BCUT2D eigenvalue weighted by atomic mass is 10.00. The number of hydrogen-bond donors (Lipinski definition) is 0. The highest BCUT2D eigenvalue weighted by atomic mass is 16.2. The molecule has 6 nitrogen and oxygen atoms in total. The van der Waals surface area contributed by atoms with Crippen LogP contribution in [0, 0.1) is 0 Å². The molecule has 6 heteroatoms. The SMILES string of the molecule is CCN1CCN(C(=O)c2cccc(C(=O)N3CCc4ccccc4C3)n2)CC1. The third kappa shape index (κ3) is 3.78. The van der Waals surface area contributed by atoms with Crippen LogP contribution in [0.1, 0.15) is 39.0 Å². The standard InChI is InChI=1S/C22H26N4O2/c1-2-24-12-14-25(15-13-24)21(27)19-8-5-9-20(23-19)22(28)26-11-10-17-6-3-4-7-18(17)16-26/h3-9H,2,10-16H2,1H3. The van der Waals surface area contributed by atoms with E-state index in [4.69, 9.17) is 0 Å². The minimum absolute atomic E-state index is 0.0885. The number of carbonyl (C=O) groups excluding carboxylic acids is 2. The van der Waals surface area contributed by atoms with Gasteiger partial charge >= 0.3 is 0 Å². The van der Waals surface area contributed by atoms with Gasteiger partial charge in [0.2, 0.25) is 0 Å². The van der Waals surface area contributed by atoms with Gasteiger partial charge < -0.3 is 14.7 Å². The van der Waals surface area contributed by atoms with Crippen LogP contribution in [0.15, 0.2) is 42.5 Å². The molecule has 1 saturated heterocycles. The van der Waals surface area contributed by atoms with Crippen LogP contribution in [0.2, 0.25) is 0 Å². The third-order valence-electron chi connectivity index (χ3n) is 5.71. The predicted octanol–water partition coefficient (Wildman–Crippen LogP) is 2.06. The van der Waals surface area contributed by atoms with Gasteiger partial charge in [-0.3, -0.25) is 9.59 Å². The van der Waals surface area contributed by atoms with E-state index in [0.717, 1.165) is 26.1 Å². The molecule has 0 N–H and O–H groups in total. The molecule has 2 aliphatic rings. The maximum atomic E-state index is 13.0. The molecule has 28 heavy (non-hydrogen) atoms. The van der Waals surface area contributed by atoms with E-state index < -0.39 is 0 Å². The molecule has 0 radical (unpaired) electrons. The number of piperazine rings is 1. The molecule has 0 bridgehead atoms. The average Bonchev–Trinajstić information content (AvgIpc) is 2.78. The number of pyridine rings is 1. The van der Waals surface area contributed by atoms with Gasteiger partial charge in [-0.25, -0.2) is 4.98 Å². The molecule has 1 aromatic heterocycles. The van der Waals surface area contributed by atoms with E-state index in [9.17, 15) is 9.59 Å². The van der Waals surface area contributed by atoms with Gasteiger partial charge in [-0.1, -0.05) is 37.3 Å². The van der Waals surface area contributed by atoms with Crippen LogP contribution in [0.4, 0.5) is 0 Å². The first kappa shape index (κ1) is 18.6. The Kier molecular flexibility index (Phi) is 5.39. The van der Waals surface area contributed by atoms with Crippen molar-refractivity contribution in [3.8, 4) is 0 Å². The van der Waals surface area contributed by atoms with Crippen LogP contribution in [0.3, 0.4) is 0 Å². The Hall–Kier alpha value is -2.73. The Morgan fingerprint density at radius 3 is 2.14 bits per heavy atom. The normalized spacial score (nSPS) is 17.3. The van der Waals surface area contributed by atoms with Crippen LogP contribution < -0.4 is 0 Å². The van der Waals surface area contributed by atoms with Gasteiger partial charge in [-0.05, 0) is 36.2 Å². The van der Waals surface area contributed by atoms with Gasteiger partial charge in [0, 0.05) is 39.3 Å². The quantitative estimate of drug-likeness (QED) is 0.820. The molecule has 0 spiro atoms. The number of likely N-dealkylation sites (N-methyl/N-ethyl adjacent to an activating group) is 1. The summed E-state index contributed by atoms with van der Waals surface area (Å²) in [5, 5.41) is 0. The summed E-state index contributed by atoms with van der Waals surface area (Å²) in [6.07, 6.45) is 0.849. The minimum atomic E-state index is -0.111. The van der Waals surface area contributed by atoms with Crippen LogP contribution >= 0.6 is 0 Å². The molecule has 4 rings (SSSR count). The lowest BCUT2D eigenvalue weighted by Gasteiger charge is -2.34. The topological polar surface area (TPSA) is 56.8 Å². The van der Waals surface area contributed by atoms with Crippen molar-refractivity contribution in [1.82, 2.24) is 19.7 Å². The second kappa shape index (κ2) is 8.10. The Morgan fingerprint density at radius 2 is 1.46 bits per heavy atom. The van der Waals surface area contributed by atoms with E-state index in [0.29, 0.717) is 37.6 Å². The van der Waals surface area contributed by atoms with Gasteiger partial charge in [-0.2, -0.15) is 0 Å². The molecule has 146 valence electrons. The molecule has 0 atom stereocenters. The Balaban J connectivity index is 1.46. The van der Waals surface area contributed by atoms with Crippen molar-refractivity contribution >= 4 is 11.8 Å². The van der Waals surface area contributed by atoms with Crippen LogP contribution in [-0.4, -0.2) is 70.8 Å². The Morgan fingerprint density at radius 1 is 0.821 bits per heavy atom. The molecular formula is C22H26N4O2. The molecule has 1 aromatic carbocycles. The summed E-state index contributed by atoms with van der Waals surface area (Å²) < 4.78 is 0. The van der Waals surface area contributed by atoms with E-state index in [1.165, 1.54) is 11.1 Å². The summed E-state index contributed by atoms with van der Waals surface area (Å²) >= 11 is 0. The predicted molar refractivity (Wildman–Crippen MR) is 107 cm³/mol. The van der Waals surface area contributed by atoms with Gasteiger partial charge in [0.05, 0.1) is 0 Å². The van der Waals surface area contributed by atoms with E-state index in [1.54, 1.807) is 18.2 Å². The molecule has 3 heterocycles. The third-order valence-corrected chi connectivity index (χ3v) is 5.71. The maximum Gasteiger partial charge on any atom is 0.272 e. The van der Waals surface area contributed by atoms with Gasteiger partial charge in [0.1, 0.15) is 11.4 Å². The molecule has 0 unspecified atom stereocenters. The number of carbonyl (C=O) groups is 2. The second-order valence-electron chi connectivity index (χ2n) is 7.38. The van der Waals surface area contributed by atoms with Crippen molar-refractivity contribution in [2.24, 2.45) is 0 Å². The largest absolute Gasteiger partial charge is 0.335 e. The lowest BCUT2D eigenvalue weighted by molar-refractivity contribution is 0.0637. The number of hydrogen-bond acceptors (Lipinski definition) is 4. The molecular weight excluding hydrogens is 352 g/mol. The highest BCUT2D eigenvalue weighted by molar-refractivity contribution is 5.96. The summed E-state index contributed by atoms with van der Waals surface area (Å²) in [7, 11) is 0. The number of benzene rings is 1. The number of rotatable bonds is 3. The van der Waals surface area contributed by atoms with Gasteiger partial charge in [-0.15, -0.1) is 0 Å². The fourth-order valence-electron chi connectivity index (χ4n) is 3.93. The number of nitrogens with zero attached hydrogens (tertiary/aromatic N) is 4. The number of amides is 2. The molecule has 0 saturated carbocycles. The number of fused-ring (bicyclic) bond motifs is 1. The maximum absolute atomic E-state index is 13.0. The minimum Gasteiger partial charge on any atom is -0.335 e. The van der Waals surface area contributed by atoms with Crippen molar-refractivity contribution < 1.29 is 9.59 Å². The molecule has 1 fully saturated rings. The first-order valence-corrected chi connectivity index (χ1v) is 10.0. The summed E-state index contributed by atoms with van der Waals surface area (Å²) in [6, 6.07) is 13.4. The van der Waals surface area contributed by atoms with Crippen molar-refractivity contribution in [3.63, 3.8) is 0 Å². The molecule has 2 amide bonds. The highest BCUT2D eigenvalue weighted by Crippen LogP contribution is 2.20. The van der Waals surface area contributed by atoms with E-state index in [2.05, 4.69) is 28.9 Å². The van der Waals surface area contributed by atoms with Crippen LogP contribution in [0.25, 0.3) is 0 Å². The van der Waals surface area contributed by atoms with Gasteiger partial charge in [0.15, 0.2) is 0 Å². The van der Waals surface area contributed by atoms with Crippen molar-refractivity contribution in [1.29, 1.82) is 0 Å². The van der Waals surface area contributed by atoms with Crippen molar-refractivity contribution in [2.45, 2.75) is 19.9 Å². The van der Waals surface area contributed by atoms with E-state index in [-0.39, 0.29) is 11.8 Å². The first-order chi connectivity index (χ1) is 13.7. The van der Waals surface area contributed by atoms with Crippen LogP contribution in [0.5, 0.6) is 0 Å². The monoisotopic (exact) mass is 378 g/mol. The average molecular weight is 378 g/mol. The van der Waals surface area contributed by atoms with Crippen molar-refractivity contribution in [3.05, 3.63) is 65.0 Å². The fraction of sp³-hybridized carbons (Fsp3) is 0.409. The summed E-state index contributed by atoms with van der Waals surface area (Å²) in [4.78, 5) is 36.2. The smallest absolute Gasteiger partial charge is 0.272 e. The lowest BCUT2D eigenvalue weighted by Crippen LogP contribution is -2.48. The summed E-state index contributed by atoms with van der Waals surface area (Å²) in [5.41, 5.74) is 3.18. The molecule has 2 aliphatic heterocycles. The first-order valence-electron chi connectivity index (χ1n) is 10.0. The van der Waals surface area contributed by atoms with E-state index in [1.807, 2.05) is 21.9 Å². The molecule has 2 aromatic rings. The zero-order valence-electron chi connectivity index (χ0n) is 16.3.